The molecule has 7 heteroatoms. The Labute approximate surface area is 98.3 Å². The largest absolute Gasteiger partial charge is 0.265 e. The van der Waals surface area contributed by atoms with E-state index in [-0.39, 0.29) is 29.6 Å². The average Bonchev–Trinajstić information content (AvgIpc) is 1.88. The van der Waals surface area contributed by atoms with Crippen LogP contribution in [0.25, 0.3) is 0 Å². The Hall–Kier alpha value is 0.410. The topological polar surface area (TPSA) is 67.3 Å². The van der Waals surface area contributed by atoms with Crippen LogP contribution in [0.2, 0.25) is 0 Å². The quantitative estimate of drug-likeness (QED) is 0.281. The Kier molecular flexibility index (Phi) is 9.97. The molecule has 1 aromatic rings. The Morgan fingerprint density at radius 2 is 1.50 bits per heavy atom. The SMILES string of the molecule is O=S(=O)(O)S.[NaH].c1ccncc1. The van der Waals surface area contributed by atoms with E-state index < -0.39 is 9.15 Å². The second-order valence-electron chi connectivity index (χ2n) is 1.47. The summed E-state index contributed by atoms with van der Waals surface area (Å²) in [5, 5.41) is 0. The fourth-order valence-corrected chi connectivity index (χ4v) is 0.313. The second kappa shape index (κ2) is 8.03. The van der Waals surface area contributed by atoms with Crippen molar-refractivity contribution in [3.63, 3.8) is 0 Å². The second-order valence-corrected chi connectivity index (χ2v) is 3.75. The van der Waals surface area contributed by atoms with Crippen LogP contribution < -0.4 is 0 Å². The summed E-state index contributed by atoms with van der Waals surface area (Å²) >= 11 is 2.65. The summed E-state index contributed by atoms with van der Waals surface area (Å²) in [6.45, 7) is 0. The molecule has 0 saturated heterocycles. The molecule has 12 heavy (non-hydrogen) atoms. The van der Waals surface area contributed by atoms with Gasteiger partial charge in [-0.25, -0.2) is 0 Å². The molecular weight excluding hydrogens is 209 g/mol. The van der Waals surface area contributed by atoms with Crippen LogP contribution in [0, 0.1) is 0 Å². The molecule has 64 valence electrons. The van der Waals surface area contributed by atoms with E-state index in [2.05, 4.69) is 16.6 Å². The maximum Gasteiger partial charge on any atom is 0.0267 e. The molecule has 0 fully saturated rings. The first-order valence-corrected chi connectivity index (χ1v) is 5.04. The van der Waals surface area contributed by atoms with Crippen molar-refractivity contribution >= 4 is 50.4 Å². The monoisotopic (exact) mass is 217 g/mol. The number of pyridine rings is 1. The van der Waals surface area contributed by atoms with Crippen molar-refractivity contribution in [2.24, 2.45) is 0 Å². The molecule has 0 atom stereocenters. The summed E-state index contributed by atoms with van der Waals surface area (Å²) in [4.78, 5) is 3.78. The molecule has 1 N–H and O–H groups in total. The van der Waals surface area contributed by atoms with Crippen molar-refractivity contribution in [1.29, 1.82) is 0 Å². The molecule has 1 heterocycles. The zero-order chi connectivity index (χ0) is 8.74. The average molecular weight is 217 g/mol. The van der Waals surface area contributed by atoms with Crippen molar-refractivity contribution in [2.75, 3.05) is 0 Å². The summed E-state index contributed by atoms with van der Waals surface area (Å²) in [5.74, 6) is 0. The first-order valence-electron chi connectivity index (χ1n) is 2.55. The Morgan fingerprint density at radius 3 is 1.58 bits per heavy atom. The number of hydrogen-bond acceptors (Lipinski definition) is 3. The number of rotatable bonds is 0. The maximum absolute atomic E-state index is 9.05. The fraction of sp³-hybridized carbons (Fsp3) is 0. The van der Waals surface area contributed by atoms with Gasteiger partial charge < -0.3 is 0 Å². The van der Waals surface area contributed by atoms with Gasteiger partial charge >= 0.3 is 38.7 Å². The molecule has 0 aliphatic rings. The molecular formula is C5H8NNaO3S2. The summed E-state index contributed by atoms with van der Waals surface area (Å²) < 4.78 is 25.5. The van der Waals surface area contributed by atoms with Crippen LogP contribution in [0.3, 0.4) is 0 Å². The third-order valence-corrected chi connectivity index (χ3v) is 0.566. The van der Waals surface area contributed by atoms with Crippen LogP contribution in [0.1, 0.15) is 0 Å². The third-order valence-electron chi connectivity index (χ3n) is 0.566. The minimum Gasteiger partial charge on any atom is -0.265 e. The van der Waals surface area contributed by atoms with Gasteiger partial charge in [-0.15, -0.1) is 0 Å². The Morgan fingerprint density at radius 1 is 1.17 bits per heavy atom. The zero-order valence-electron chi connectivity index (χ0n) is 5.45. The predicted octanol–water partition coefficient (Wildman–Crippen LogP) is 0.152. The zero-order valence-corrected chi connectivity index (χ0v) is 7.16. The first kappa shape index (κ1) is 14.9. The molecule has 0 radical (unpaired) electrons. The summed E-state index contributed by atoms with van der Waals surface area (Å²) in [6, 6.07) is 5.72. The first-order chi connectivity index (χ1) is 5.00. The van der Waals surface area contributed by atoms with E-state index in [1.807, 2.05) is 18.2 Å². The van der Waals surface area contributed by atoms with Gasteiger partial charge in [0.2, 0.25) is 0 Å². The van der Waals surface area contributed by atoms with Crippen LogP contribution in [-0.2, 0) is 9.15 Å². The van der Waals surface area contributed by atoms with Gasteiger partial charge in [0, 0.05) is 12.4 Å². The van der Waals surface area contributed by atoms with Gasteiger partial charge in [0.15, 0.2) is 0 Å². The standard InChI is InChI=1S/C5H5N.Na.H2O3S2.H/c1-2-4-6-5-3-1;;1-5(2,3)4;/h1-5H;;(H2,1,2,3,4);. The molecule has 1 rings (SSSR count). The van der Waals surface area contributed by atoms with Gasteiger partial charge in [-0.2, -0.15) is 8.42 Å². The molecule has 0 unspecified atom stereocenters. The van der Waals surface area contributed by atoms with E-state index in [0.29, 0.717) is 0 Å². The van der Waals surface area contributed by atoms with Crippen LogP contribution in [0.5, 0.6) is 0 Å². The van der Waals surface area contributed by atoms with Crippen LogP contribution in [0.4, 0.5) is 0 Å². The molecule has 0 saturated carbocycles. The minimum absolute atomic E-state index is 0. The maximum atomic E-state index is 9.05. The van der Waals surface area contributed by atoms with Gasteiger partial charge in [0.05, 0.1) is 0 Å². The molecule has 0 bridgehead atoms. The van der Waals surface area contributed by atoms with E-state index in [9.17, 15) is 0 Å². The van der Waals surface area contributed by atoms with Gasteiger partial charge in [-0.3, -0.25) is 9.54 Å². The predicted molar refractivity (Wildman–Crippen MR) is 51.9 cm³/mol. The number of hydrogen-bond donors (Lipinski definition) is 2. The van der Waals surface area contributed by atoms with Crippen molar-refractivity contribution in [2.45, 2.75) is 0 Å². The van der Waals surface area contributed by atoms with E-state index in [1.54, 1.807) is 12.4 Å². The van der Waals surface area contributed by atoms with Gasteiger partial charge in [0.1, 0.15) is 0 Å². The third kappa shape index (κ3) is 22.4. The van der Waals surface area contributed by atoms with Crippen molar-refractivity contribution in [3.05, 3.63) is 30.6 Å². The fourth-order valence-electron chi connectivity index (χ4n) is 0.313. The smallest absolute Gasteiger partial charge is 0.0267 e. The van der Waals surface area contributed by atoms with Crippen LogP contribution in [-0.4, -0.2) is 47.5 Å². The van der Waals surface area contributed by atoms with Crippen LogP contribution >= 0.6 is 11.7 Å². The van der Waals surface area contributed by atoms with Crippen molar-refractivity contribution in [3.8, 4) is 0 Å². The van der Waals surface area contributed by atoms with Crippen LogP contribution in [0.15, 0.2) is 30.6 Å². The molecule has 4 nitrogen and oxygen atoms in total. The Balaban J connectivity index is 0. The normalized spacial score (nSPS) is 8.83. The number of thiol groups is 1. The van der Waals surface area contributed by atoms with Gasteiger partial charge in [-0.1, -0.05) is 6.07 Å². The van der Waals surface area contributed by atoms with Crippen molar-refractivity contribution in [1.82, 2.24) is 4.98 Å². The molecule has 0 aliphatic carbocycles. The number of nitrogens with zero attached hydrogens (tertiary/aromatic N) is 1. The number of aromatic nitrogens is 1. The molecule has 0 aromatic carbocycles. The summed E-state index contributed by atoms with van der Waals surface area (Å²) in [6.07, 6.45) is 3.50. The van der Waals surface area contributed by atoms with E-state index in [4.69, 9.17) is 13.0 Å². The minimum atomic E-state index is -3.97. The summed E-state index contributed by atoms with van der Waals surface area (Å²) in [5.41, 5.74) is 0. The molecule has 0 amide bonds. The van der Waals surface area contributed by atoms with E-state index >= 15 is 0 Å². The van der Waals surface area contributed by atoms with Gasteiger partial charge in [0.25, 0.3) is 0 Å². The van der Waals surface area contributed by atoms with Crippen molar-refractivity contribution < 1.29 is 13.0 Å². The van der Waals surface area contributed by atoms with E-state index in [0.717, 1.165) is 0 Å². The Bertz CT molecular complexity index is 241. The summed E-state index contributed by atoms with van der Waals surface area (Å²) in [7, 11) is -3.97. The molecule has 0 aliphatic heterocycles. The molecule has 0 spiro atoms. The van der Waals surface area contributed by atoms with Gasteiger partial charge in [-0.05, 0) is 23.8 Å². The molecule has 1 aromatic heterocycles. The van der Waals surface area contributed by atoms with E-state index in [1.165, 1.54) is 0 Å².